The van der Waals surface area contributed by atoms with E-state index in [1.165, 1.54) is 16.8 Å². The summed E-state index contributed by atoms with van der Waals surface area (Å²) in [6.45, 7) is 4.54. The van der Waals surface area contributed by atoms with Crippen molar-refractivity contribution in [3.63, 3.8) is 0 Å². The Labute approximate surface area is 160 Å². The number of rotatable bonds is 1. The molecule has 1 aliphatic rings. The van der Waals surface area contributed by atoms with E-state index in [1.807, 2.05) is 13.8 Å². The maximum atomic E-state index is 14.0. The van der Waals surface area contributed by atoms with E-state index in [0.29, 0.717) is 35.1 Å². The van der Waals surface area contributed by atoms with E-state index in [2.05, 4.69) is 31.0 Å². The third-order valence-corrected chi connectivity index (χ3v) is 4.35. The van der Waals surface area contributed by atoms with Gasteiger partial charge in [0.05, 0.1) is 12.8 Å². The average molecular weight is 385 g/mol. The number of pyridine rings is 1. The maximum Gasteiger partial charge on any atom is 0.256 e. The first kappa shape index (κ1) is 18.0. The highest BCUT2D eigenvalue weighted by atomic mass is 19.1. The maximum absolute atomic E-state index is 14.0. The summed E-state index contributed by atoms with van der Waals surface area (Å²) in [7, 11) is 1.73. The highest BCUT2D eigenvalue weighted by Crippen LogP contribution is 2.25. The molecule has 3 aromatic heterocycles. The molecule has 146 valence electrons. The summed E-state index contributed by atoms with van der Waals surface area (Å²) < 4.78 is 21.2. The normalized spacial score (nSPS) is 16.1. The summed E-state index contributed by atoms with van der Waals surface area (Å²) in [6.07, 6.45) is 1.47. The van der Waals surface area contributed by atoms with Crippen molar-refractivity contribution in [2.45, 2.75) is 13.8 Å². The minimum Gasteiger partial charge on any atom is -0.493 e. The Morgan fingerprint density at radius 1 is 1.25 bits per heavy atom. The fraction of sp³-hybridized carbons (Fsp3) is 0.333. The molecule has 3 N–H and O–H groups in total. The molecule has 4 heterocycles. The summed E-state index contributed by atoms with van der Waals surface area (Å²) in [5.74, 6) is 0.619. The summed E-state index contributed by atoms with van der Waals surface area (Å²) in [5.41, 5.74) is 0.321. The molecule has 0 radical (unpaired) electrons. The number of nitrogens with one attached hydrogen (secondary N) is 3. The van der Waals surface area contributed by atoms with Crippen molar-refractivity contribution in [1.29, 1.82) is 0 Å². The Morgan fingerprint density at radius 3 is 2.82 bits per heavy atom. The molecule has 0 fully saturated rings. The molecule has 10 heteroatoms. The van der Waals surface area contributed by atoms with Gasteiger partial charge >= 0.3 is 0 Å². The molecule has 0 unspecified atom stereocenters. The number of carbonyl (C=O) groups excluding carboxylic acids is 1. The van der Waals surface area contributed by atoms with E-state index >= 15 is 0 Å². The van der Waals surface area contributed by atoms with Crippen LogP contribution in [0.25, 0.3) is 5.65 Å². The number of hydrogen-bond donors (Lipinski definition) is 3. The van der Waals surface area contributed by atoms with E-state index < -0.39 is 5.95 Å². The molecule has 28 heavy (non-hydrogen) atoms. The van der Waals surface area contributed by atoms with Gasteiger partial charge in [-0.3, -0.25) is 4.79 Å². The number of hydrogen-bond acceptors (Lipinski definition) is 7. The van der Waals surface area contributed by atoms with Gasteiger partial charge in [0, 0.05) is 37.2 Å². The molecule has 0 saturated carbocycles. The highest BCUT2D eigenvalue weighted by molar-refractivity contribution is 6.00. The molecule has 4 bridgehead atoms. The zero-order valence-electron chi connectivity index (χ0n) is 15.7. The molecule has 0 atom stereocenters. The van der Waals surface area contributed by atoms with Gasteiger partial charge in [0.15, 0.2) is 5.65 Å². The zero-order valence-corrected chi connectivity index (χ0v) is 15.7. The SMILES string of the molecule is CNc1cc2nc3c(cnn13)C(=O)NCC(C)(C)COc1cc(F)nc(c1)N2. The van der Waals surface area contributed by atoms with Gasteiger partial charge in [-0.15, -0.1) is 0 Å². The summed E-state index contributed by atoms with van der Waals surface area (Å²) in [5, 5.41) is 13.1. The average Bonchev–Trinajstić information content (AvgIpc) is 3.07. The Hall–Kier alpha value is -3.43. The van der Waals surface area contributed by atoms with Crippen molar-refractivity contribution < 1.29 is 13.9 Å². The molecule has 1 amide bonds. The van der Waals surface area contributed by atoms with Gasteiger partial charge in [-0.1, -0.05) is 13.8 Å². The van der Waals surface area contributed by atoms with Crippen LogP contribution in [0.3, 0.4) is 0 Å². The Bertz CT molecular complexity index is 1060. The van der Waals surface area contributed by atoms with Crippen molar-refractivity contribution in [2.75, 3.05) is 30.8 Å². The lowest BCUT2D eigenvalue weighted by molar-refractivity contribution is 0.0920. The van der Waals surface area contributed by atoms with E-state index in [-0.39, 0.29) is 23.7 Å². The second kappa shape index (κ2) is 6.63. The Balaban J connectivity index is 1.87. The van der Waals surface area contributed by atoms with Crippen LogP contribution in [0, 0.1) is 11.4 Å². The predicted octanol–water partition coefficient (Wildman–Crippen LogP) is 2.20. The third-order valence-electron chi connectivity index (χ3n) is 4.35. The number of anilines is 3. The fourth-order valence-corrected chi connectivity index (χ4v) is 2.86. The lowest BCUT2D eigenvalue weighted by Gasteiger charge is -2.25. The smallest absolute Gasteiger partial charge is 0.256 e. The molecular weight excluding hydrogens is 365 g/mol. The van der Waals surface area contributed by atoms with Crippen LogP contribution in [0.4, 0.5) is 21.8 Å². The summed E-state index contributed by atoms with van der Waals surface area (Å²) >= 11 is 0. The summed E-state index contributed by atoms with van der Waals surface area (Å²) in [4.78, 5) is 21.0. The van der Waals surface area contributed by atoms with Crippen LogP contribution in [0.2, 0.25) is 0 Å². The molecule has 0 aliphatic carbocycles. The molecule has 0 aromatic carbocycles. The minimum absolute atomic E-state index is 0.245. The lowest BCUT2D eigenvalue weighted by Crippen LogP contribution is -2.37. The van der Waals surface area contributed by atoms with Gasteiger partial charge < -0.3 is 20.7 Å². The quantitative estimate of drug-likeness (QED) is 0.552. The molecule has 0 saturated heterocycles. The monoisotopic (exact) mass is 385 g/mol. The molecular formula is C18H20FN7O2. The standard InChI is InChI=1S/C18H20FN7O2/c1-18(2)8-21-17(27)11-7-22-26-15(20-3)6-14(25-16(11)26)24-13-5-10(28-9-18)4-12(19)23-13/h4-7,20H,8-9H2,1-3H3,(H,21,27)(H,23,24,25). The van der Waals surface area contributed by atoms with E-state index in [0.717, 1.165) is 0 Å². The van der Waals surface area contributed by atoms with Gasteiger partial charge in [0.25, 0.3) is 5.91 Å². The fourth-order valence-electron chi connectivity index (χ4n) is 2.86. The van der Waals surface area contributed by atoms with E-state index in [1.54, 1.807) is 19.2 Å². The molecule has 3 aromatic rings. The van der Waals surface area contributed by atoms with Crippen LogP contribution in [0.5, 0.6) is 5.75 Å². The minimum atomic E-state index is -0.668. The first-order valence-electron chi connectivity index (χ1n) is 8.77. The molecule has 0 spiro atoms. The Kier molecular flexibility index (Phi) is 4.25. The number of carbonyl (C=O) groups is 1. The molecule has 4 rings (SSSR count). The van der Waals surface area contributed by atoms with Crippen molar-refractivity contribution in [1.82, 2.24) is 24.9 Å². The molecule has 9 nitrogen and oxygen atoms in total. The van der Waals surface area contributed by atoms with Crippen LogP contribution in [-0.4, -0.2) is 45.7 Å². The highest BCUT2D eigenvalue weighted by Gasteiger charge is 2.24. The van der Waals surface area contributed by atoms with Crippen LogP contribution in [0.1, 0.15) is 24.2 Å². The third kappa shape index (κ3) is 3.40. The van der Waals surface area contributed by atoms with Gasteiger partial charge in [-0.05, 0) is 0 Å². The number of fused-ring (bicyclic) bond motifs is 3. The van der Waals surface area contributed by atoms with Crippen LogP contribution >= 0.6 is 0 Å². The predicted molar refractivity (Wildman–Crippen MR) is 102 cm³/mol. The topological polar surface area (TPSA) is 105 Å². The first-order valence-corrected chi connectivity index (χ1v) is 8.77. The van der Waals surface area contributed by atoms with Crippen molar-refractivity contribution in [2.24, 2.45) is 5.41 Å². The number of amides is 1. The number of aromatic nitrogens is 4. The first-order chi connectivity index (χ1) is 13.3. The van der Waals surface area contributed by atoms with Crippen LogP contribution in [-0.2, 0) is 0 Å². The van der Waals surface area contributed by atoms with Gasteiger partial charge in [0.2, 0.25) is 5.95 Å². The second-order valence-corrected chi connectivity index (χ2v) is 7.34. The molecule has 1 aliphatic heterocycles. The second-order valence-electron chi connectivity index (χ2n) is 7.34. The number of nitrogens with zero attached hydrogens (tertiary/aromatic N) is 4. The van der Waals surface area contributed by atoms with Crippen molar-refractivity contribution >= 4 is 29.0 Å². The van der Waals surface area contributed by atoms with Gasteiger partial charge in [-0.25, -0.2) is 9.97 Å². The van der Waals surface area contributed by atoms with Crippen LogP contribution in [0.15, 0.2) is 24.4 Å². The number of halogens is 1. The van der Waals surface area contributed by atoms with E-state index in [4.69, 9.17) is 4.74 Å². The van der Waals surface area contributed by atoms with Crippen LogP contribution < -0.4 is 20.7 Å². The number of ether oxygens (including phenoxy) is 1. The van der Waals surface area contributed by atoms with Crippen molar-refractivity contribution in [3.05, 3.63) is 35.9 Å². The van der Waals surface area contributed by atoms with Gasteiger partial charge in [-0.2, -0.15) is 14.0 Å². The lowest BCUT2D eigenvalue weighted by atomic mass is 9.94. The van der Waals surface area contributed by atoms with Gasteiger partial charge in [0.1, 0.15) is 28.8 Å². The van der Waals surface area contributed by atoms with E-state index in [9.17, 15) is 9.18 Å². The van der Waals surface area contributed by atoms with Crippen molar-refractivity contribution in [3.8, 4) is 5.75 Å². The zero-order chi connectivity index (χ0) is 19.9. The largest absolute Gasteiger partial charge is 0.493 e. The summed E-state index contributed by atoms with van der Waals surface area (Å²) in [6, 6.07) is 4.51. The Morgan fingerprint density at radius 2 is 2.04 bits per heavy atom.